The number of hydrogen-bond donors (Lipinski definition) is 4. The minimum Gasteiger partial charge on any atom is -0.458 e. The number of carbonyl (C=O) groups is 2. The summed E-state index contributed by atoms with van der Waals surface area (Å²) in [5, 5.41) is 24.7. The number of amides is 1. The molecule has 198 valence electrons. The molecule has 10 nitrogen and oxygen atoms in total. The van der Waals surface area contributed by atoms with E-state index in [1.54, 1.807) is 19.9 Å². The molecule has 2 aliphatic heterocycles. The summed E-state index contributed by atoms with van der Waals surface area (Å²) in [6, 6.07) is 2.41. The molecule has 6 rings (SSSR count). The Morgan fingerprint density at radius 2 is 2.11 bits per heavy atom. The van der Waals surface area contributed by atoms with Crippen molar-refractivity contribution in [2.45, 2.75) is 64.0 Å². The van der Waals surface area contributed by atoms with Gasteiger partial charge in [0.15, 0.2) is 5.60 Å². The molecule has 3 atom stereocenters. The van der Waals surface area contributed by atoms with Crippen molar-refractivity contribution in [3.8, 4) is 11.4 Å². The molecule has 38 heavy (non-hydrogen) atoms. The van der Waals surface area contributed by atoms with E-state index >= 15 is 0 Å². The van der Waals surface area contributed by atoms with Crippen LogP contribution in [0.25, 0.3) is 22.3 Å². The van der Waals surface area contributed by atoms with Crippen molar-refractivity contribution < 1.29 is 28.9 Å². The van der Waals surface area contributed by atoms with Gasteiger partial charge in [-0.15, -0.1) is 0 Å². The second kappa shape index (κ2) is 8.42. The van der Waals surface area contributed by atoms with Gasteiger partial charge in [0.25, 0.3) is 11.5 Å². The smallest absolute Gasteiger partial charge is 0.343 e. The SMILES string of the molecule is CC[C@@]1(O)C(=O)OCc2c1cc1n(c2=O)Cc2c-1nc1cc(F)c(C)c3c1c2[C@@H](NC(=O)C(O)CN)CC3. The third-order valence-corrected chi connectivity index (χ3v) is 8.22. The van der Waals surface area contributed by atoms with Crippen LogP contribution >= 0.6 is 0 Å². The minimum absolute atomic E-state index is 0.0103. The summed E-state index contributed by atoms with van der Waals surface area (Å²) in [4.78, 5) is 43.5. The maximum atomic E-state index is 14.9. The zero-order valence-corrected chi connectivity index (χ0v) is 20.9. The molecule has 0 radical (unpaired) electrons. The Kier molecular flexibility index (Phi) is 5.46. The maximum absolute atomic E-state index is 14.9. The first kappa shape index (κ1) is 24.7. The molecule has 11 heteroatoms. The number of carbonyl (C=O) groups excluding carboxylic acids is 2. The van der Waals surface area contributed by atoms with E-state index in [9.17, 15) is 29.0 Å². The number of ether oxygens (including phenoxy) is 1. The Morgan fingerprint density at radius 1 is 1.34 bits per heavy atom. The van der Waals surface area contributed by atoms with Gasteiger partial charge in [0.2, 0.25) is 0 Å². The van der Waals surface area contributed by atoms with Crippen molar-refractivity contribution in [2.75, 3.05) is 6.54 Å². The van der Waals surface area contributed by atoms with Gasteiger partial charge in [0.05, 0.1) is 35.1 Å². The number of nitrogens with zero attached hydrogens (tertiary/aromatic N) is 2. The molecule has 0 bridgehead atoms. The highest BCUT2D eigenvalue weighted by Crippen LogP contribution is 2.45. The molecule has 3 aromatic rings. The maximum Gasteiger partial charge on any atom is 0.343 e. The number of pyridine rings is 2. The molecular weight excluding hydrogens is 495 g/mol. The van der Waals surface area contributed by atoms with Crippen LogP contribution in [0.4, 0.5) is 4.39 Å². The molecule has 1 amide bonds. The molecule has 1 aliphatic carbocycles. The predicted molar refractivity (Wildman–Crippen MR) is 133 cm³/mol. The van der Waals surface area contributed by atoms with Gasteiger partial charge < -0.3 is 30.6 Å². The normalized spacial score (nSPS) is 21.9. The number of cyclic esters (lactones) is 1. The molecule has 1 unspecified atom stereocenters. The monoisotopic (exact) mass is 522 g/mol. The van der Waals surface area contributed by atoms with Gasteiger partial charge in [0, 0.05) is 29.1 Å². The van der Waals surface area contributed by atoms with Crippen LogP contribution in [0.5, 0.6) is 0 Å². The number of halogens is 1. The molecule has 4 heterocycles. The van der Waals surface area contributed by atoms with E-state index in [0.29, 0.717) is 46.4 Å². The van der Waals surface area contributed by atoms with E-state index in [0.717, 1.165) is 10.9 Å². The molecule has 0 fully saturated rings. The summed E-state index contributed by atoms with van der Waals surface area (Å²) in [5.74, 6) is -1.85. The number of aliphatic hydroxyl groups excluding tert-OH is 1. The third-order valence-electron chi connectivity index (χ3n) is 8.22. The Labute approximate surface area is 216 Å². The molecule has 2 aromatic heterocycles. The lowest BCUT2D eigenvalue weighted by Gasteiger charge is -2.31. The number of rotatable bonds is 4. The average molecular weight is 523 g/mol. The van der Waals surface area contributed by atoms with Crippen LogP contribution in [-0.2, 0) is 39.5 Å². The standard InChI is InChI=1S/C27H27FN4O6/c1-3-27(37)15-6-19-23-13(9-32(19)25(35)14(15)10-38-26(27)36)22-17(31-24(34)20(33)8-29)5-4-12-11(2)16(28)7-18(30-23)21(12)22/h6-7,17,20,33,37H,3-5,8-10,29H2,1-2H3,(H,31,34)/t17-,20?,27-/m0/s1. The van der Waals surface area contributed by atoms with Crippen molar-refractivity contribution in [3.63, 3.8) is 0 Å². The van der Waals surface area contributed by atoms with E-state index in [1.807, 2.05) is 0 Å². The summed E-state index contributed by atoms with van der Waals surface area (Å²) in [6.45, 7) is 2.97. The molecule has 0 saturated carbocycles. The van der Waals surface area contributed by atoms with E-state index in [-0.39, 0.29) is 37.2 Å². The summed E-state index contributed by atoms with van der Waals surface area (Å²) in [7, 11) is 0. The molecule has 0 saturated heterocycles. The van der Waals surface area contributed by atoms with Crippen LogP contribution in [0.15, 0.2) is 16.9 Å². The van der Waals surface area contributed by atoms with Crippen molar-refractivity contribution in [1.29, 1.82) is 0 Å². The van der Waals surface area contributed by atoms with Crippen molar-refractivity contribution >= 4 is 22.8 Å². The fourth-order valence-electron chi connectivity index (χ4n) is 6.07. The minimum atomic E-state index is -1.97. The Hall–Kier alpha value is -3.67. The van der Waals surface area contributed by atoms with E-state index in [4.69, 9.17) is 15.5 Å². The van der Waals surface area contributed by atoms with E-state index in [1.165, 1.54) is 10.6 Å². The van der Waals surface area contributed by atoms with E-state index in [2.05, 4.69) is 5.32 Å². The van der Waals surface area contributed by atoms with E-state index < -0.39 is 41.0 Å². The number of aliphatic hydroxyl groups is 2. The Morgan fingerprint density at radius 3 is 2.82 bits per heavy atom. The second-order valence-corrected chi connectivity index (χ2v) is 10.2. The van der Waals surface area contributed by atoms with Crippen molar-refractivity contribution in [2.24, 2.45) is 5.73 Å². The number of esters is 1. The number of hydrogen-bond acceptors (Lipinski definition) is 8. The fourth-order valence-corrected chi connectivity index (χ4v) is 6.07. The van der Waals surface area contributed by atoms with Crippen molar-refractivity contribution in [1.82, 2.24) is 14.9 Å². The van der Waals surface area contributed by atoms with Crippen LogP contribution < -0.4 is 16.6 Å². The first-order chi connectivity index (χ1) is 18.1. The number of nitrogens with one attached hydrogen (secondary N) is 1. The van der Waals surface area contributed by atoms with Gasteiger partial charge in [-0.05, 0) is 48.9 Å². The van der Waals surface area contributed by atoms with Gasteiger partial charge >= 0.3 is 5.97 Å². The summed E-state index contributed by atoms with van der Waals surface area (Å²) in [6.07, 6.45) is -0.434. The number of benzene rings is 1. The predicted octanol–water partition coefficient (Wildman–Crippen LogP) is 0.950. The van der Waals surface area contributed by atoms with Crippen LogP contribution in [0.3, 0.4) is 0 Å². The zero-order chi connectivity index (χ0) is 27.1. The molecular formula is C27H27FN4O6. The number of aryl methyl sites for hydroxylation is 1. The van der Waals surface area contributed by atoms with Gasteiger partial charge in [0.1, 0.15) is 18.5 Å². The molecule has 0 spiro atoms. The Bertz CT molecular complexity index is 1630. The third kappa shape index (κ3) is 3.22. The summed E-state index contributed by atoms with van der Waals surface area (Å²) in [5.41, 5.74) is 7.34. The van der Waals surface area contributed by atoms with Gasteiger partial charge in [-0.3, -0.25) is 9.59 Å². The highest BCUT2D eigenvalue weighted by Gasteiger charge is 2.46. The van der Waals surface area contributed by atoms with Crippen molar-refractivity contribution in [3.05, 3.63) is 61.7 Å². The first-order valence-corrected chi connectivity index (χ1v) is 12.6. The summed E-state index contributed by atoms with van der Waals surface area (Å²) < 4.78 is 21.6. The quantitative estimate of drug-likeness (QED) is 0.289. The Balaban J connectivity index is 1.63. The van der Waals surface area contributed by atoms with Gasteiger partial charge in [-0.2, -0.15) is 0 Å². The highest BCUT2D eigenvalue weighted by molar-refractivity contribution is 5.94. The molecule has 1 aromatic carbocycles. The fraction of sp³-hybridized carbons (Fsp3) is 0.407. The lowest BCUT2D eigenvalue weighted by molar-refractivity contribution is -0.172. The number of aromatic nitrogens is 2. The topological polar surface area (TPSA) is 157 Å². The van der Waals surface area contributed by atoms with Crippen LogP contribution in [0.1, 0.15) is 59.2 Å². The molecule has 3 aliphatic rings. The average Bonchev–Trinajstić information content (AvgIpc) is 3.28. The van der Waals surface area contributed by atoms with Gasteiger partial charge in [-0.1, -0.05) is 6.92 Å². The largest absolute Gasteiger partial charge is 0.458 e. The highest BCUT2D eigenvalue weighted by atomic mass is 19.1. The van der Waals surface area contributed by atoms with Crippen LogP contribution in [-0.4, -0.2) is 44.3 Å². The second-order valence-electron chi connectivity index (χ2n) is 10.2. The van der Waals surface area contributed by atoms with Crippen LogP contribution in [0, 0.1) is 12.7 Å². The lowest BCUT2D eigenvalue weighted by atomic mass is 9.81. The van der Waals surface area contributed by atoms with Gasteiger partial charge in [-0.25, -0.2) is 14.2 Å². The molecule has 5 N–H and O–H groups in total. The zero-order valence-electron chi connectivity index (χ0n) is 20.9. The lowest BCUT2D eigenvalue weighted by Crippen LogP contribution is -2.44. The van der Waals surface area contributed by atoms with Crippen LogP contribution in [0.2, 0.25) is 0 Å². The number of fused-ring (bicyclic) bond motifs is 5. The summed E-state index contributed by atoms with van der Waals surface area (Å²) >= 11 is 0. The first-order valence-electron chi connectivity index (χ1n) is 12.6. The number of nitrogens with two attached hydrogens (primary N) is 1.